The zero-order chi connectivity index (χ0) is 30.9. The Hall–Kier alpha value is -4.03. The Kier molecular flexibility index (Phi) is 10.8. The van der Waals surface area contributed by atoms with Crippen LogP contribution < -0.4 is 5.32 Å². The topological polar surface area (TPSA) is 147 Å². The minimum atomic E-state index is -0.900. The molecule has 0 aliphatic carbocycles. The number of H-pyrrole nitrogens is 1. The van der Waals surface area contributed by atoms with E-state index >= 15 is 0 Å². The largest absolute Gasteiger partial charge is 0.481 e. The van der Waals surface area contributed by atoms with Gasteiger partial charge in [-0.2, -0.15) is 5.10 Å². The number of carboxylic acid groups (broad SMARTS) is 1. The number of nitrogens with zero attached hydrogens (tertiary/aromatic N) is 2. The number of aliphatic hydroxyl groups excluding tert-OH is 1. The van der Waals surface area contributed by atoms with Gasteiger partial charge in [0.25, 0.3) is 0 Å². The van der Waals surface area contributed by atoms with Crippen molar-refractivity contribution >= 4 is 23.6 Å². The maximum absolute atomic E-state index is 12.1. The number of carboxylic acids is 1. The molecule has 1 aliphatic rings. The highest BCUT2D eigenvalue weighted by Crippen LogP contribution is 2.43. The summed E-state index contributed by atoms with van der Waals surface area (Å²) in [6.45, 7) is 2.48. The summed E-state index contributed by atoms with van der Waals surface area (Å²) in [6.07, 6.45) is 1.06. The lowest BCUT2D eigenvalue weighted by molar-refractivity contribution is -0.268. The van der Waals surface area contributed by atoms with Gasteiger partial charge in [-0.15, -0.1) is 0 Å². The Bertz CT molecular complexity index is 1510. The lowest BCUT2D eigenvalue weighted by Crippen LogP contribution is -2.38. The predicted molar refractivity (Wildman–Crippen MR) is 165 cm³/mol. The lowest BCUT2D eigenvalue weighted by atomic mass is 9.91. The summed E-state index contributed by atoms with van der Waals surface area (Å²) in [6, 6.07) is 23.9. The number of hydrogen-bond donors (Lipinski definition) is 4. The smallest absolute Gasteiger partial charge is 0.303 e. The molecule has 1 amide bonds. The maximum Gasteiger partial charge on any atom is 0.303 e. The Labute approximate surface area is 260 Å². The second-order valence-electron chi connectivity index (χ2n) is 10.8. The van der Waals surface area contributed by atoms with Crippen LogP contribution >= 0.6 is 11.8 Å². The fourth-order valence-electron chi connectivity index (χ4n) is 5.12. The molecule has 1 aromatic heterocycles. The van der Waals surface area contributed by atoms with E-state index in [0.717, 1.165) is 38.5 Å². The number of carbonyl (C=O) groups excluding carboxylic acids is 1. The first-order valence-corrected chi connectivity index (χ1v) is 15.5. The van der Waals surface area contributed by atoms with Crippen molar-refractivity contribution in [1.29, 1.82) is 0 Å². The lowest BCUT2D eigenvalue weighted by Gasteiger charge is -2.41. The van der Waals surface area contributed by atoms with E-state index in [1.165, 1.54) is 6.33 Å². The number of hydrogen-bond acceptors (Lipinski definition) is 8. The monoisotopic (exact) mass is 616 g/mol. The Morgan fingerprint density at radius 3 is 2.43 bits per heavy atom. The minimum absolute atomic E-state index is 0.0119. The minimum Gasteiger partial charge on any atom is -0.481 e. The molecule has 230 valence electrons. The van der Waals surface area contributed by atoms with E-state index in [1.54, 1.807) is 11.8 Å². The quantitative estimate of drug-likeness (QED) is 0.145. The number of carbonyl (C=O) groups is 2. The van der Waals surface area contributed by atoms with E-state index in [1.807, 2.05) is 72.8 Å². The van der Waals surface area contributed by atoms with E-state index in [-0.39, 0.29) is 43.5 Å². The van der Waals surface area contributed by atoms with Crippen molar-refractivity contribution in [2.24, 2.45) is 5.92 Å². The molecule has 0 radical (unpaired) electrons. The summed E-state index contributed by atoms with van der Waals surface area (Å²) in [5.41, 5.74) is 5.75. The summed E-state index contributed by atoms with van der Waals surface area (Å²) in [5.74, 6) is -0.338. The molecule has 4 atom stereocenters. The fraction of sp³-hybridized carbons (Fsp3) is 0.333. The van der Waals surface area contributed by atoms with E-state index in [9.17, 15) is 14.7 Å². The molecule has 3 aromatic carbocycles. The first kappa shape index (κ1) is 31.4. The summed E-state index contributed by atoms with van der Waals surface area (Å²) in [4.78, 5) is 27.0. The van der Waals surface area contributed by atoms with Crippen molar-refractivity contribution in [2.45, 2.75) is 63.0 Å². The standard InChI is InChI=1S/C33H36N4O6S/c1-21-28(19-44-33-35-20-36-37-33)42-32(43-31(21)25-10-8-22(18-38)9-11-25)26-14-12-24(13-15-26)27-5-2-4-23(16-27)17-34-29(39)6-3-7-30(40)41/h2,4-5,8-16,20-21,28,31-32,38H,3,6-7,17-19H2,1H3,(H,34,39)(H,40,41)(H,35,36,37). The zero-order valence-electron chi connectivity index (χ0n) is 24.4. The van der Waals surface area contributed by atoms with Crippen LogP contribution in [0.1, 0.15) is 60.8 Å². The summed E-state index contributed by atoms with van der Waals surface area (Å²) in [5, 5.41) is 28.7. The number of benzene rings is 3. The van der Waals surface area contributed by atoms with Crippen LogP contribution in [-0.4, -0.2) is 49.1 Å². The van der Waals surface area contributed by atoms with Gasteiger partial charge in [-0.3, -0.25) is 14.7 Å². The first-order valence-electron chi connectivity index (χ1n) is 14.6. The number of amides is 1. The molecule has 11 heteroatoms. The number of rotatable bonds is 13. The molecule has 1 fully saturated rings. The van der Waals surface area contributed by atoms with Crippen LogP contribution in [0.25, 0.3) is 11.1 Å². The van der Waals surface area contributed by atoms with Crippen molar-refractivity contribution in [2.75, 3.05) is 5.75 Å². The third kappa shape index (κ3) is 8.32. The summed E-state index contributed by atoms with van der Waals surface area (Å²) < 4.78 is 13.1. The van der Waals surface area contributed by atoms with Crippen molar-refractivity contribution in [3.05, 3.63) is 101 Å². The third-order valence-corrected chi connectivity index (χ3v) is 8.59. The Morgan fingerprint density at radius 1 is 0.955 bits per heavy atom. The van der Waals surface area contributed by atoms with Crippen molar-refractivity contribution in [3.63, 3.8) is 0 Å². The van der Waals surface area contributed by atoms with Gasteiger partial charge in [0.05, 0.1) is 18.8 Å². The summed E-state index contributed by atoms with van der Waals surface area (Å²) in [7, 11) is 0. The molecular weight excluding hydrogens is 580 g/mol. The number of nitrogens with one attached hydrogen (secondary N) is 2. The van der Waals surface area contributed by atoms with Crippen molar-refractivity contribution in [1.82, 2.24) is 20.5 Å². The average Bonchev–Trinajstić information content (AvgIpc) is 3.57. The zero-order valence-corrected chi connectivity index (χ0v) is 25.2. The van der Waals surface area contributed by atoms with Gasteiger partial charge in [0, 0.05) is 36.6 Å². The maximum atomic E-state index is 12.1. The second-order valence-corrected chi connectivity index (χ2v) is 11.8. The normalized spacial score (nSPS) is 19.9. The Morgan fingerprint density at radius 2 is 1.73 bits per heavy atom. The average molecular weight is 617 g/mol. The SMILES string of the molecule is CC1C(CSc2ncn[nH]2)OC(c2ccc(-c3cccc(CNC(=O)CCCC(=O)O)c3)cc2)OC1c1ccc(CO)cc1. The summed E-state index contributed by atoms with van der Waals surface area (Å²) >= 11 is 1.56. The Balaban J connectivity index is 1.28. The highest BCUT2D eigenvalue weighted by Gasteiger charge is 2.38. The van der Waals surface area contributed by atoms with Crippen LogP contribution in [0.5, 0.6) is 0 Å². The van der Waals surface area contributed by atoms with Gasteiger partial charge in [0.1, 0.15) is 6.33 Å². The van der Waals surface area contributed by atoms with Gasteiger partial charge in [0.2, 0.25) is 5.91 Å². The first-order chi connectivity index (χ1) is 21.4. The van der Waals surface area contributed by atoms with Gasteiger partial charge in [-0.1, -0.05) is 85.4 Å². The number of aromatic amines is 1. The van der Waals surface area contributed by atoms with Crippen molar-refractivity contribution < 1.29 is 29.3 Å². The molecule has 0 bridgehead atoms. The molecule has 10 nitrogen and oxygen atoms in total. The number of aromatic nitrogens is 3. The molecule has 2 heterocycles. The van der Waals surface area contributed by atoms with Crippen LogP contribution in [-0.2, 0) is 32.2 Å². The molecule has 1 saturated heterocycles. The number of thioether (sulfide) groups is 1. The van der Waals surface area contributed by atoms with Gasteiger partial charge in [-0.05, 0) is 40.3 Å². The van der Waals surface area contributed by atoms with Gasteiger partial charge in [-0.25, -0.2) is 4.98 Å². The van der Waals surface area contributed by atoms with Crippen LogP contribution in [0.2, 0.25) is 0 Å². The van der Waals surface area contributed by atoms with Gasteiger partial charge in [0.15, 0.2) is 11.4 Å². The molecule has 44 heavy (non-hydrogen) atoms. The van der Waals surface area contributed by atoms with Gasteiger partial charge >= 0.3 is 5.97 Å². The molecule has 5 rings (SSSR count). The molecule has 4 unspecified atom stereocenters. The molecule has 4 N–H and O–H groups in total. The van der Waals surface area contributed by atoms with E-state index in [0.29, 0.717) is 18.7 Å². The fourth-order valence-corrected chi connectivity index (χ4v) is 6.06. The van der Waals surface area contributed by atoms with Crippen molar-refractivity contribution in [3.8, 4) is 11.1 Å². The van der Waals surface area contributed by atoms with Crippen LogP contribution in [0.4, 0.5) is 0 Å². The molecular formula is C33H36N4O6S. The van der Waals surface area contributed by atoms with E-state index < -0.39 is 12.3 Å². The molecule has 1 aliphatic heterocycles. The molecule has 4 aromatic rings. The van der Waals surface area contributed by atoms with Crippen LogP contribution in [0.15, 0.2) is 84.3 Å². The van der Waals surface area contributed by atoms with Crippen LogP contribution in [0.3, 0.4) is 0 Å². The number of aliphatic carboxylic acids is 1. The third-order valence-electron chi connectivity index (χ3n) is 7.63. The number of aliphatic hydroxyl groups is 1. The highest BCUT2D eigenvalue weighted by molar-refractivity contribution is 7.99. The van der Waals surface area contributed by atoms with E-state index in [2.05, 4.69) is 27.4 Å². The second kappa shape index (κ2) is 15.1. The van der Waals surface area contributed by atoms with E-state index in [4.69, 9.17) is 14.6 Å². The highest BCUT2D eigenvalue weighted by atomic mass is 32.2. The van der Waals surface area contributed by atoms with Crippen LogP contribution in [0, 0.1) is 5.92 Å². The molecule has 0 spiro atoms. The predicted octanol–water partition coefficient (Wildman–Crippen LogP) is 5.42. The number of ether oxygens (including phenoxy) is 2. The molecule has 0 saturated carbocycles. The van der Waals surface area contributed by atoms with Gasteiger partial charge < -0.3 is 25.0 Å².